The Bertz CT molecular complexity index is 613. The fourth-order valence-corrected chi connectivity index (χ4v) is 2.25. The molecule has 0 saturated heterocycles. The average molecular weight is 285 g/mol. The Balaban J connectivity index is 1.69. The van der Waals surface area contributed by atoms with Crippen LogP contribution < -0.4 is 19.5 Å². The Hall–Kier alpha value is -2.36. The molecule has 0 fully saturated rings. The van der Waals surface area contributed by atoms with E-state index in [1.807, 2.05) is 36.4 Å². The summed E-state index contributed by atoms with van der Waals surface area (Å²) < 4.78 is 16.6. The monoisotopic (exact) mass is 285 g/mol. The lowest BCUT2D eigenvalue weighted by Crippen LogP contribution is -2.00. The van der Waals surface area contributed by atoms with Gasteiger partial charge in [0.1, 0.15) is 5.75 Å². The van der Waals surface area contributed by atoms with Crippen LogP contribution in [0.5, 0.6) is 17.2 Å². The van der Waals surface area contributed by atoms with Gasteiger partial charge < -0.3 is 19.5 Å². The number of fused-ring (bicyclic) bond motifs is 1. The molecule has 0 amide bonds. The molecule has 1 heterocycles. The summed E-state index contributed by atoms with van der Waals surface area (Å²) in [6.07, 6.45) is 0.923. The molecule has 1 aliphatic rings. The number of rotatable bonds is 4. The lowest BCUT2D eigenvalue weighted by atomic mass is 10.2. The largest absolute Gasteiger partial charge is 0.497 e. The lowest BCUT2D eigenvalue weighted by Gasteiger charge is -2.11. The van der Waals surface area contributed by atoms with Gasteiger partial charge in [0.15, 0.2) is 11.5 Å². The van der Waals surface area contributed by atoms with E-state index in [1.165, 1.54) is 0 Å². The molecule has 0 saturated carbocycles. The van der Waals surface area contributed by atoms with Gasteiger partial charge in [-0.1, -0.05) is 12.1 Å². The first kappa shape index (κ1) is 13.6. The van der Waals surface area contributed by atoms with Crippen molar-refractivity contribution in [3.05, 3.63) is 48.0 Å². The van der Waals surface area contributed by atoms with Crippen molar-refractivity contribution in [2.75, 3.05) is 25.6 Å². The lowest BCUT2D eigenvalue weighted by molar-refractivity contribution is 0.297. The molecule has 1 N–H and O–H groups in total. The molecule has 110 valence electrons. The fraction of sp³-hybridized carbons (Fsp3) is 0.294. The Labute approximate surface area is 124 Å². The summed E-state index contributed by atoms with van der Waals surface area (Å²) in [5.41, 5.74) is 2.18. The van der Waals surface area contributed by atoms with Crippen LogP contribution in [0.15, 0.2) is 42.5 Å². The number of methoxy groups -OCH3 is 1. The van der Waals surface area contributed by atoms with E-state index in [1.54, 1.807) is 7.11 Å². The minimum absolute atomic E-state index is 0.708. The molecule has 2 aromatic carbocycles. The van der Waals surface area contributed by atoms with Gasteiger partial charge in [-0.2, -0.15) is 0 Å². The van der Waals surface area contributed by atoms with Gasteiger partial charge in [0, 0.05) is 24.7 Å². The van der Waals surface area contributed by atoms with E-state index >= 15 is 0 Å². The smallest absolute Gasteiger partial charge is 0.161 e. The fourth-order valence-electron chi connectivity index (χ4n) is 2.25. The molecule has 4 nitrogen and oxygen atoms in total. The molecule has 2 aromatic rings. The molecular formula is C17H19NO3. The van der Waals surface area contributed by atoms with Crippen molar-refractivity contribution < 1.29 is 14.2 Å². The van der Waals surface area contributed by atoms with E-state index in [4.69, 9.17) is 14.2 Å². The normalized spacial score (nSPS) is 13.4. The van der Waals surface area contributed by atoms with Crippen molar-refractivity contribution in [1.82, 2.24) is 0 Å². The predicted molar refractivity (Wildman–Crippen MR) is 82.4 cm³/mol. The third-order valence-electron chi connectivity index (χ3n) is 3.38. The number of anilines is 1. The summed E-state index contributed by atoms with van der Waals surface area (Å²) in [6, 6.07) is 14.0. The van der Waals surface area contributed by atoms with Crippen molar-refractivity contribution in [3.8, 4) is 17.2 Å². The molecule has 0 radical (unpaired) electrons. The van der Waals surface area contributed by atoms with Gasteiger partial charge in [0.25, 0.3) is 0 Å². The third-order valence-corrected chi connectivity index (χ3v) is 3.38. The first-order chi connectivity index (χ1) is 10.3. The highest BCUT2D eigenvalue weighted by molar-refractivity contribution is 5.49. The summed E-state index contributed by atoms with van der Waals surface area (Å²) in [6.45, 7) is 2.15. The van der Waals surface area contributed by atoms with E-state index in [0.29, 0.717) is 13.2 Å². The van der Waals surface area contributed by atoms with E-state index < -0.39 is 0 Å². The Kier molecular flexibility index (Phi) is 4.15. The van der Waals surface area contributed by atoms with E-state index in [2.05, 4.69) is 11.4 Å². The van der Waals surface area contributed by atoms with Crippen LogP contribution in [0, 0.1) is 0 Å². The zero-order chi connectivity index (χ0) is 14.5. The van der Waals surface area contributed by atoms with Gasteiger partial charge in [-0.15, -0.1) is 0 Å². The molecular weight excluding hydrogens is 266 g/mol. The molecule has 0 aliphatic carbocycles. The molecule has 1 aliphatic heterocycles. The molecule has 21 heavy (non-hydrogen) atoms. The van der Waals surface area contributed by atoms with E-state index in [9.17, 15) is 0 Å². The van der Waals surface area contributed by atoms with Crippen molar-refractivity contribution in [2.45, 2.75) is 13.0 Å². The standard InChI is InChI=1S/C17H19NO3/c1-19-15-5-2-4-14(11-15)18-12-13-6-7-16-17(10-13)21-9-3-8-20-16/h2,4-7,10-11,18H,3,8-9,12H2,1H3. The first-order valence-corrected chi connectivity index (χ1v) is 7.11. The van der Waals surface area contributed by atoms with Crippen LogP contribution in [-0.2, 0) is 6.54 Å². The van der Waals surface area contributed by atoms with Crippen LogP contribution in [0.25, 0.3) is 0 Å². The summed E-state index contributed by atoms with van der Waals surface area (Å²) in [5.74, 6) is 2.51. The molecule has 3 rings (SSSR count). The Morgan fingerprint density at radius 1 is 1.05 bits per heavy atom. The molecule has 0 aromatic heterocycles. The minimum Gasteiger partial charge on any atom is -0.497 e. The maximum absolute atomic E-state index is 5.70. The Morgan fingerprint density at radius 3 is 2.76 bits per heavy atom. The second-order valence-electron chi connectivity index (χ2n) is 4.92. The van der Waals surface area contributed by atoms with Crippen LogP contribution in [0.4, 0.5) is 5.69 Å². The maximum atomic E-state index is 5.70. The number of hydrogen-bond donors (Lipinski definition) is 1. The molecule has 0 spiro atoms. The van der Waals surface area contributed by atoms with Crippen molar-refractivity contribution >= 4 is 5.69 Å². The highest BCUT2D eigenvalue weighted by atomic mass is 16.5. The SMILES string of the molecule is COc1cccc(NCc2ccc3c(c2)OCCCO3)c1. The van der Waals surface area contributed by atoms with Crippen LogP contribution in [0.3, 0.4) is 0 Å². The molecule has 4 heteroatoms. The summed E-state index contributed by atoms with van der Waals surface area (Å²) in [5, 5.41) is 3.38. The predicted octanol–water partition coefficient (Wildman–Crippen LogP) is 3.47. The zero-order valence-corrected chi connectivity index (χ0v) is 12.1. The van der Waals surface area contributed by atoms with Gasteiger partial charge in [0.05, 0.1) is 20.3 Å². The van der Waals surface area contributed by atoms with Gasteiger partial charge in [-0.3, -0.25) is 0 Å². The average Bonchev–Trinajstić information content (AvgIpc) is 2.78. The van der Waals surface area contributed by atoms with Gasteiger partial charge in [-0.05, 0) is 29.8 Å². The highest BCUT2D eigenvalue weighted by Gasteiger charge is 2.10. The number of hydrogen-bond acceptors (Lipinski definition) is 4. The van der Waals surface area contributed by atoms with Crippen molar-refractivity contribution in [2.24, 2.45) is 0 Å². The molecule has 0 atom stereocenters. The Morgan fingerprint density at radius 2 is 1.90 bits per heavy atom. The number of nitrogens with one attached hydrogen (secondary N) is 1. The topological polar surface area (TPSA) is 39.7 Å². The highest BCUT2D eigenvalue weighted by Crippen LogP contribution is 2.30. The van der Waals surface area contributed by atoms with Crippen LogP contribution in [0.1, 0.15) is 12.0 Å². The number of benzene rings is 2. The summed E-state index contributed by atoms with van der Waals surface area (Å²) in [7, 11) is 1.67. The van der Waals surface area contributed by atoms with E-state index in [-0.39, 0.29) is 0 Å². The zero-order valence-electron chi connectivity index (χ0n) is 12.1. The van der Waals surface area contributed by atoms with Gasteiger partial charge in [0.2, 0.25) is 0 Å². The van der Waals surface area contributed by atoms with Crippen LogP contribution in [-0.4, -0.2) is 20.3 Å². The quantitative estimate of drug-likeness (QED) is 0.933. The van der Waals surface area contributed by atoms with Gasteiger partial charge in [-0.25, -0.2) is 0 Å². The van der Waals surface area contributed by atoms with Crippen molar-refractivity contribution in [3.63, 3.8) is 0 Å². The maximum Gasteiger partial charge on any atom is 0.161 e. The van der Waals surface area contributed by atoms with E-state index in [0.717, 1.165) is 41.5 Å². The molecule has 0 bridgehead atoms. The van der Waals surface area contributed by atoms with Crippen LogP contribution in [0.2, 0.25) is 0 Å². The second kappa shape index (κ2) is 6.39. The van der Waals surface area contributed by atoms with Gasteiger partial charge >= 0.3 is 0 Å². The summed E-state index contributed by atoms with van der Waals surface area (Å²) >= 11 is 0. The van der Waals surface area contributed by atoms with Crippen LogP contribution >= 0.6 is 0 Å². The number of ether oxygens (including phenoxy) is 3. The van der Waals surface area contributed by atoms with Crippen molar-refractivity contribution in [1.29, 1.82) is 0 Å². The first-order valence-electron chi connectivity index (χ1n) is 7.11. The third kappa shape index (κ3) is 3.40. The summed E-state index contributed by atoms with van der Waals surface area (Å²) in [4.78, 5) is 0. The molecule has 0 unspecified atom stereocenters. The minimum atomic E-state index is 0.708. The second-order valence-corrected chi connectivity index (χ2v) is 4.92.